The van der Waals surface area contributed by atoms with Crippen molar-refractivity contribution in [3.05, 3.63) is 66.7 Å². The zero-order valence-electron chi connectivity index (χ0n) is 15.8. The summed E-state index contributed by atoms with van der Waals surface area (Å²) in [4.78, 5) is 4.69. The molecule has 0 amide bonds. The molecule has 0 atom stereocenters. The fourth-order valence-electron chi connectivity index (χ4n) is 2.71. The third-order valence-corrected chi connectivity index (χ3v) is 5.25. The molecule has 3 aromatic carbocycles. The second-order valence-electron chi connectivity index (χ2n) is 6.17. The van der Waals surface area contributed by atoms with E-state index in [-0.39, 0.29) is 13.2 Å². The molecule has 4 rings (SSSR count). The lowest BCUT2D eigenvalue weighted by Crippen LogP contribution is -2.00. The number of fused-ring (bicyclic) bond motifs is 1. The molecule has 1 heterocycles. The van der Waals surface area contributed by atoms with Crippen molar-refractivity contribution in [3.63, 3.8) is 0 Å². The first-order valence-corrected chi connectivity index (χ1v) is 9.87. The van der Waals surface area contributed by atoms with Gasteiger partial charge in [0.15, 0.2) is 0 Å². The Labute approximate surface area is 172 Å². The number of rotatable bonds is 7. The number of benzene rings is 3. The molecule has 0 bridgehead atoms. The second-order valence-corrected chi connectivity index (χ2v) is 7.20. The Morgan fingerprint density at radius 3 is 2.21 bits per heavy atom. The highest BCUT2D eigenvalue weighted by Gasteiger charge is 2.07. The van der Waals surface area contributed by atoms with Crippen molar-refractivity contribution in [2.45, 2.75) is 0 Å². The van der Waals surface area contributed by atoms with Gasteiger partial charge >= 0.3 is 0 Å². The van der Waals surface area contributed by atoms with Gasteiger partial charge in [-0.3, -0.25) is 0 Å². The van der Waals surface area contributed by atoms with E-state index in [0.717, 1.165) is 37.9 Å². The van der Waals surface area contributed by atoms with E-state index in [0.29, 0.717) is 5.75 Å². The molecule has 0 aliphatic heterocycles. The molecule has 1 aromatic heterocycles. The quantitative estimate of drug-likeness (QED) is 0.397. The van der Waals surface area contributed by atoms with Crippen molar-refractivity contribution >= 4 is 32.9 Å². The number of methoxy groups -OCH3 is 1. The summed E-state index contributed by atoms with van der Waals surface area (Å²) in [5.74, 6) is 1.52. The first kappa shape index (κ1) is 19.0. The molecule has 0 spiro atoms. The molecule has 0 fully saturated rings. The van der Waals surface area contributed by atoms with Crippen LogP contribution in [0.25, 0.3) is 20.8 Å². The van der Waals surface area contributed by atoms with Crippen LogP contribution < -0.4 is 9.47 Å². The lowest BCUT2D eigenvalue weighted by Gasteiger charge is -2.03. The van der Waals surface area contributed by atoms with E-state index in [1.54, 1.807) is 30.6 Å². The molecule has 0 unspecified atom stereocenters. The first-order chi connectivity index (χ1) is 14.2. The van der Waals surface area contributed by atoms with Crippen LogP contribution in [0.2, 0.25) is 0 Å². The monoisotopic (exact) mass is 405 g/mol. The van der Waals surface area contributed by atoms with E-state index < -0.39 is 0 Å². The van der Waals surface area contributed by atoms with E-state index in [4.69, 9.17) is 19.6 Å². The minimum atomic E-state index is -0.0112. The molecule has 0 aliphatic rings. The summed E-state index contributed by atoms with van der Waals surface area (Å²) in [5, 5.41) is 18.3. The van der Waals surface area contributed by atoms with Gasteiger partial charge in [-0.25, -0.2) is 4.98 Å². The van der Waals surface area contributed by atoms with Crippen molar-refractivity contribution in [2.24, 2.45) is 10.2 Å². The fraction of sp³-hybridized carbons (Fsp3) is 0.136. The SMILES string of the molecule is COc1ccc2nc(-c3ccc(/N=N/c4ccc(OCCO)cc4)cc3)sc2c1. The summed E-state index contributed by atoms with van der Waals surface area (Å²) in [5.41, 5.74) is 3.48. The van der Waals surface area contributed by atoms with E-state index in [9.17, 15) is 0 Å². The maximum atomic E-state index is 8.78. The molecular formula is C22H19N3O3S. The molecule has 6 nitrogen and oxygen atoms in total. The van der Waals surface area contributed by atoms with Crippen molar-refractivity contribution < 1.29 is 14.6 Å². The van der Waals surface area contributed by atoms with Gasteiger partial charge in [0.2, 0.25) is 0 Å². The van der Waals surface area contributed by atoms with Crippen LogP contribution >= 0.6 is 11.3 Å². The lowest BCUT2D eigenvalue weighted by molar-refractivity contribution is 0.201. The third kappa shape index (κ3) is 4.59. The lowest BCUT2D eigenvalue weighted by atomic mass is 10.2. The summed E-state index contributed by atoms with van der Waals surface area (Å²) in [6.07, 6.45) is 0. The molecule has 4 aromatic rings. The fourth-order valence-corrected chi connectivity index (χ4v) is 3.71. The van der Waals surface area contributed by atoms with Crippen LogP contribution in [-0.4, -0.2) is 30.4 Å². The topological polar surface area (TPSA) is 76.3 Å². The zero-order chi connectivity index (χ0) is 20.1. The first-order valence-electron chi connectivity index (χ1n) is 9.05. The van der Waals surface area contributed by atoms with E-state index in [1.807, 2.05) is 54.6 Å². The summed E-state index contributed by atoms with van der Waals surface area (Å²) < 4.78 is 11.7. The minimum Gasteiger partial charge on any atom is -0.497 e. The Morgan fingerprint density at radius 1 is 0.897 bits per heavy atom. The van der Waals surface area contributed by atoms with Gasteiger partial charge in [-0.15, -0.1) is 11.3 Å². The van der Waals surface area contributed by atoms with Gasteiger partial charge in [-0.2, -0.15) is 10.2 Å². The van der Waals surface area contributed by atoms with Gasteiger partial charge in [0.25, 0.3) is 0 Å². The Morgan fingerprint density at radius 2 is 1.55 bits per heavy atom. The van der Waals surface area contributed by atoms with Crippen LogP contribution in [0.4, 0.5) is 11.4 Å². The highest BCUT2D eigenvalue weighted by Crippen LogP contribution is 2.33. The number of hydrogen-bond acceptors (Lipinski definition) is 7. The van der Waals surface area contributed by atoms with Gasteiger partial charge in [-0.05, 0) is 66.7 Å². The van der Waals surface area contributed by atoms with E-state index in [1.165, 1.54) is 0 Å². The average Bonchev–Trinajstić information content (AvgIpc) is 3.20. The molecule has 0 saturated carbocycles. The van der Waals surface area contributed by atoms with Crippen molar-refractivity contribution in [2.75, 3.05) is 20.3 Å². The average molecular weight is 405 g/mol. The van der Waals surface area contributed by atoms with Crippen LogP contribution in [0.15, 0.2) is 77.0 Å². The van der Waals surface area contributed by atoms with Crippen molar-refractivity contribution in [1.82, 2.24) is 4.98 Å². The van der Waals surface area contributed by atoms with Crippen molar-refractivity contribution in [3.8, 4) is 22.1 Å². The number of thiazole rings is 1. The Bertz CT molecular complexity index is 1120. The predicted molar refractivity (Wildman–Crippen MR) is 115 cm³/mol. The number of nitrogens with zero attached hydrogens (tertiary/aromatic N) is 3. The van der Waals surface area contributed by atoms with Crippen LogP contribution in [0, 0.1) is 0 Å². The number of azo groups is 1. The molecule has 146 valence electrons. The van der Waals surface area contributed by atoms with Gasteiger partial charge in [0, 0.05) is 5.56 Å². The molecule has 29 heavy (non-hydrogen) atoms. The van der Waals surface area contributed by atoms with E-state index >= 15 is 0 Å². The minimum absolute atomic E-state index is 0.0112. The van der Waals surface area contributed by atoms with Crippen molar-refractivity contribution in [1.29, 1.82) is 0 Å². The van der Waals surface area contributed by atoms with Gasteiger partial charge < -0.3 is 14.6 Å². The Hall–Kier alpha value is -3.29. The molecule has 0 aliphatic carbocycles. The molecule has 1 N–H and O–H groups in total. The zero-order valence-corrected chi connectivity index (χ0v) is 16.6. The molecule has 0 radical (unpaired) electrons. The van der Waals surface area contributed by atoms with Gasteiger partial charge in [-0.1, -0.05) is 0 Å². The molecular weight excluding hydrogens is 386 g/mol. The standard InChI is InChI=1S/C22H19N3O3S/c1-27-19-10-11-20-21(14-19)29-22(23-20)15-2-4-16(5-3-15)24-25-17-6-8-18(9-7-17)28-13-12-26/h2-11,14,26H,12-13H2,1H3/b25-24+. The largest absolute Gasteiger partial charge is 0.497 e. The van der Waals surface area contributed by atoms with Crippen LogP contribution in [0.3, 0.4) is 0 Å². The second kappa shape index (κ2) is 8.81. The van der Waals surface area contributed by atoms with Crippen LogP contribution in [0.5, 0.6) is 11.5 Å². The predicted octanol–water partition coefficient (Wildman–Crippen LogP) is 5.76. The van der Waals surface area contributed by atoms with Crippen LogP contribution in [0.1, 0.15) is 0 Å². The molecule has 0 saturated heterocycles. The number of aliphatic hydroxyl groups is 1. The maximum Gasteiger partial charge on any atom is 0.124 e. The third-order valence-electron chi connectivity index (χ3n) is 4.19. The summed E-state index contributed by atoms with van der Waals surface area (Å²) in [7, 11) is 1.66. The number of ether oxygens (including phenoxy) is 2. The summed E-state index contributed by atoms with van der Waals surface area (Å²) >= 11 is 1.63. The van der Waals surface area contributed by atoms with Gasteiger partial charge in [0.05, 0.1) is 35.3 Å². The number of aromatic nitrogens is 1. The Balaban J connectivity index is 1.47. The normalized spacial score (nSPS) is 11.2. The number of hydrogen-bond donors (Lipinski definition) is 1. The molecule has 7 heteroatoms. The Kier molecular flexibility index (Phi) is 5.79. The smallest absolute Gasteiger partial charge is 0.124 e. The highest BCUT2D eigenvalue weighted by molar-refractivity contribution is 7.21. The maximum absolute atomic E-state index is 8.78. The van der Waals surface area contributed by atoms with Gasteiger partial charge in [0.1, 0.15) is 23.1 Å². The number of aliphatic hydroxyl groups excluding tert-OH is 1. The highest BCUT2D eigenvalue weighted by atomic mass is 32.1. The summed E-state index contributed by atoms with van der Waals surface area (Å²) in [6, 6.07) is 21.0. The van der Waals surface area contributed by atoms with E-state index in [2.05, 4.69) is 10.2 Å². The van der Waals surface area contributed by atoms with Crippen LogP contribution in [-0.2, 0) is 0 Å². The summed E-state index contributed by atoms with van der Waals surface area (Å²) in [6.45, 7) is 0.262.